The van der Waals surface area contributed by atoms with E-state index in [-0.39, 0.29) is 0 Å². The lowest BCUT2D eigenvalue weighted by molar-refractivity contribution is 0.515. The van der Waals surface area contributed by atoms with E-state index in [4.69, 9.17) is 0 Å². The zero-order valence-electron chi connectivity index (χ0n) is 6.15. The van der Waals surface area contributed by atoms with Gasteiger partial charge in [0.05, 0.1) is 5.69 Å². The highest BCUT2D eigenvalue weighted by molar-refractivity contribution is 5.55. The summed E-state index contributed by atoms with van der Waals surface area (Å²) in [6.45, 7) is 0. The van der Waals surface area contributed by atoms with Gasteiger partial charge in [0.2, 0.25) is 0 Å². The first-order valence-electron chi connectivity index (χ1n) is 3.44. The van der Waals surface area contributed by atoms with E-state index in [0.29, 0.717) is 5.69 Å². The summed E-state index contributed by atoms with van der Waals surface area (Å²) in [6.07, 6.45) is 4.70. The van der Waals surface area contributed by atoms with Crippen LogP contribution in [0.1, 0.15) is 0 Å². The highest BCUT2D eigenvalue weighted by Crippen LogP contribution is 2.12. The number of hydrogen-bond donors (Lipinski definition) is 1. The third-order valence-corrected chi connectivity index (χ3v) is 1.49. The number of nitrogens with zero attached hydrogens (tertiary/aromatic N) is 1. The minimum absolute atomic E-state index is 0.450. The van der Waals surface area contributed by atoms with E-state index < -0.39 is 5.76 Å². The molecule has 0 aliphatic rings. The fourth-order valence-electron chi connectivity index (χ4n) is 0.944. The van der Waals surface area contributed by atoms with Gasteiger partial charge in [0.15, 0.2) is 0 Å². The Hall–Kier alpha value is -1.84. The molecule has 2 aromatic rings. The van der Waals surface area contributed by atoms with Crippen molar-refractivity contribution < 1.29 is 4.42 Å². The Kier molecular flexibility index (Phi) is 1.51. The number of aromatic nitrogens is 2. The number of aromatic amines is 1. The Morgan fingerprint density at radius 1 is 1.50 bits per heavy atom. The van der Waals surface area contributed by atoms with Crippen LogP contribution in [0, 0.1) is 0 Å². The third-order valence-electron chi connectivity index (χ3n) is 1.49. The first-order chi connectivity index (χ1) is 5.86. The Bertz CT molecular complexity index is 416. The van der Waals surface area contributed by atoms with E-state index in [9.17, 15) is 4.79 Å². The molecule has 0 amide bonds. The first kappa shape index (κ1) is 6.84. The van der Waals surface area contributed by atoms with E-state index in [1.165, 1.54) is 6.26 Å². The van der Waals surface area contributed by atoms with Crippen LogP contribution in [0.25, 0.3) is 11.3 Å². The van der Waals surface area contributed by atoms with E-state index in [2.05, 4.69) is 14.4 Å². The van der Waals surface area contributed by atoms with Crippen LogP contribution in [-0.4, -0.2) is 9.97 Å². The summed E-state index contributed by atoms with van der Waals surface area (Å²) in [6, 6.07) is 3.63. The van der Waals surface area contributed by atoms with Crippen LogP contribution in [0.3, 0.4) is 0 Å². The number of nitrogens with one attached hydrogen (secondary N) is 1. The molecule has 0 saturated heterocycles. The molecule has 12 heavy (non-hydrogen) atoms. The van der Waals surface area contributed by atoms with Gasteiger partial charge in [0.1, 0.15) is 6.26 Å². The highest BCUT2D eigenvalue weighted by atomic mass is 16.4. The molecule has 60 valence electrons. The second-order valence-electron chi connectivity index (χ2n) is 2.30. The summed E-state index contributed by atoms with van der Waals surface area (Å²) in [4.78, 5) is 17.1. The molecule has 0 aromatic carbocycles. The van der Waals surface area contributed by atoms with Crippen LogP contribution < -0.4 is 5.76 Å². The molecule has 2 aromatic heterocycles. The lowest BCUT2D eigenvalue weighted by Crippen LogP contribution is -1.94. The molecular weight excluding hydrogens is 156 g/mol. The fraction of sp³-hybridized carbons (Fsp3) is 0. The number of H-pyrrole nitrogens is 1. The van der Waals surface area contributed by atoms with Crippen molar-refractivity contribution in [3.63, 3.8) is 0 Å². The van der Waals surface area contributed by atoms with Gasteiger partial charge in [-0.25, -0.2) is 4.79 Å². The molecule has 0 aliphatic carbocycles. The average molecular weight is 162 g/mol. The lowest BCUT2D eigenvalue weighted by atomic mass is 10.2. The highest BCUT2D eigenvalue weighted by Gasteiger charge is 1.99. The van der Waals surface area contributed by atoms with Crippen LogP contribution in [0.2, 0.25) is 0 Å². The Morgan fingerprint density at radius 3 is 3.00 bits per heavy atom. The SMILES string of the molecule is O=c1[nH]c(-c2cccnc2)co1. The van der Waals surface area contributed by atoms with Crippen molar-refractivity contribution in [3.05, 3.63) is 41.3 Å². The van der Waals surface area contributed by atoms with Gasteiger partial charge in [-0.2, -0.15) is 0 Å². The summed E-state index contributed by atoms with van der Waals surface area (Å²) in [5.74, 6) is -0.450. The van der Waals surface area contributed by atoms with E-state index in [1.807, 2.05) is 6.07 Å². The van der Waals surface area contributed by atoms with Gasteiger partial charge >= 0.3 is 5.76 Å². The normalized spacial score (nSPS) is 10.0. The van der Waals surface area contributed by atoms with Gasteiger partial charge in [0.25, 0.3) is 0 Å². The number of oxazole rings is 1. The van der Waals surface area contributed by atoms with Gasteiger partial charge < -0.3 is 4.42 Å². The van der Waals surface area contributed by atoms with Crippen LogP contribution in [0.15, 0.2) is 40.0 Å². The fourth-order valence-corrected chi connectivity index (χ4v) is 0.944. The summed E-state index contributed by atoms with van der Waals surface area (Å²) in [5, 5.41) is 0. The van der Waals surface area contributed by atoms with Crippen molar-refractivity contribution >= 4 is 0 Å². The number of hydrogen-bond acceptors (Lipinski definition) is 3. The van der Waals surface area contributed by atoms with Crippen molar-refractivity contribution in [1.82, 2.24) is 9.97 Å². The van der Waals surface area contributed by atoms with Crippen LogP contribution in [0.5, 0.6) is 0 Å². The molecular formula is C8H6N2O2. The summed E-state index contributed by atoms with van der Waals surface area (Å²) >= 11 is 0. The monoisotopic (exact) mass is 162 g/mol. The van der Waals surface area contributed by atoms with Crippen molar-refractivity contribution in [2.75, 3.05) is 0 Å². The smallest absolute Gasteiger partial charge is 0.416 e. The molecule has 4 nitrogen and oxygen atoms in total. The van der Waals surface area contributed by atoms with Crippen molar-refractivity contribution in [2.45, 2.75) is 0 Å². The molecule has 0 saturated carbocycles. The quantitative estimate of drug-likeness (QED) is 0.681. The maximum atomic E-state index is 10.6. The molecule has 0 aliphatic heterocycles. The second kappa shape index (κ2) is 2.65. The predicted octanol–water partition coefficient (Wildman–Crippen LogP) is 1.03. The van der Waals surface area contributed by atoms with Gasteiger partial charge in [-0.3, -0.25) is 9.97 Å². The van der Waals surface area contributed by atoms with E-state index >= 15 is 0 Å². The molecule has 0 spiro atoms. The van der Waals surface area contributed by atoms with Crippen molar-refractivity contribution in [2.24, 2.45) is 0 Å². The van der Waals surface area contributed by atoms with E-state index in [1.54, 1.807) is 18.5 Å². The lowest BCUT2D eigenvalue weighted by Gasteiger charge is -1.91. The maximum absolute atomic E-state index is 10.6. The molecule has 4 heteroatoms. The summed E-state index contributed by atoms with van der Waals surface area (Å²) < 4.78 is 4.58. The van der Waals surface area contributed by atoms with Gasteiger partial charge in [-0.15, -0.1) is 0 Å². The number of pyridine rings is 1. The standard InChI is InChI=1S/C8H6N2O2/c11-8-10-7(5-12-8)6-2-1-3-9-4-6/h1-5H,(H,10,11). The molecule has 0 unspecified atom stereocenters. The summed E-state index contributed by atoms with van der Waals surface area (Å²) in [7, 11) is 0. The topological polar surface area (TPSA) is 58.9 Å². The molecule has 0 fully saturated rings. The van der Waals surface area contributed by atoms with Crippen LogP contribution >= 0.6 is 0 Å². The maximum Gasteiger partial charge on any atom is 0.416 e. The van der Waals surface area contributed by atoms with Crippen molar-refractivity contribution in [3.8, 4) is 11.3 Å². The largest absolute Gasteiger partial charge is 0.416 e. The molecule has 2 rings (SSSR count). The Morgan fingerprint density at radius 2 is 2.42 bits per heavy atom. The van der Waals surface area contributed by atoms with E-state index in [0.717, 1.165) is 5.56 Å². The zero-order chi connectivity index (χ0) is 8.39. The zero-order valence-corrected chi connectivity index (χ0v) is 6.15. The van der Waals surface area contributed by atoms with Gasteiger partial charge in [0, 0.05) is 18.0 Å². The molecule has 0 atom stereocenters. The number of rotatable bonds is 1. The minimum atomic E-state index is -0.450. The van der Waals surface area contributed by atoms with Crippen LogP contribution in [0.4, 0.5) is 0 Å². The molecule has 2 heterocycles. The van der Waals surface area contributed by atoms with Crippen LogP contribution in [-0.2, 0) is 0 Å². The average Bonchev–Trinajstić information content (AvgIpc) is 2.54. The third kappa shape index (κ3) is 1.14. The first-order valence-corrected chi connectivity index (χ1v) is 3.44. The molecule has 0 bridgehead atoms. The molecule has 1 N–H and O–H groups in total. The summed E-state index contributed by atoms with van der Waals surface area (Å²) in [5.41, 5.74) is 1.48. The Balaban J connectivity index is 2.51. The van der Waals surface area contributed by atoms with Gasteiger partial charge in [-0.05, 0) is 12.1 Å². The second-order valence-corrected chi connectivity index (χ2v) is 2.30. The van der Waals surface area contributed by atoms with Gasteiger partial charge in [-0.1, -0.05) is 0 Å². The van der Waals surface area contributed by atoms with Crippen molar-refractivity contribution in [1.29, 1.82) is 0 Å². The minimum Gasteiger partial charge on any atom is -0.416 e. The Labute approximate surface area is 67.9 Å². The molecule has 0 radical (unpaired) electrons. The predicted molar refractivity (Wildman–Crippen MR) is 42.6 cm³/mol.